The van der Waals surface area contributed by atoms with Crippen LogP contribution in [0.15, 0.2) is 31.0 Å². The minimum absolute atomic E-state index is 0. The summed E-state index contributed by atoms with van der Waals surface area (Å²) in [6.45, 7) is 3.07. The van der Waals surface area contributed by atoms with E-state index in [1.807, 2.05) is 0 Å². The molecule has 1 aliphatic rings. The Morgan fingerprint density at radius 1 is 1.25 bits per heavy atom. The summed E-state index contributed by atoms with van der Waals surface area (Å²) < 4.78 is 1.68. The molecule has 20 heavy (non-hydrogen) atoms. The number of piperazine rings is 1. The number of amides is 1. The lowest BCUT2D eigenvalue weighted by Gasteiger charge is -2.27. The molecule has 0 atom stereocenters. The molecule has 2 aromatic heterocycles. The van der Waals surface area contributed by atoms with Crippen LogP contribution >= 0.6 is 12.4 Å². The molecule has 3 rings (SSSR count). The predicted octanol–water partition coefficient (Wildman–Crippen LogP) is 0.130. The zero-order chi connectivity index (χ0) is 13.1. The summed E-state index contributed by atoms with van der Waals surface area (Å²) in [5.74, 6) is 0.406. The van der Waals surface area contributed by atoms with Gasteiger partial charge in [0.15, 0.2) is 0 Å². The Morgan fingerprint density at radius 3 is 2.75 bits per heavy atom. The van der Waals surface area contributed by atoms with E-state index in [4.69, 9.17) is 0 Å². The van der Waals surface area contributed by atoms with Crippen LogP contribution in [0.4, 0.5) is 0 Å². The molecule has 1 saturated heterocycles. The highest BCUT2D eigenvalue weighted by Crippen LogP contribution is 2.06. The van der Waals surface area contributed by atoms with Crippen molar-refractivity contribution >= 4 is 18.3 Å². The van der Waals surface area contributed by atoms with Crippen LogP contribution in [0.1, 0.15) is 10.5 Å². The van der Waals surface area contributed by atoms with Crippen molar-refractivity contribution in [3.05, 3.63) is 36.7 Å². The number of imidazole rings is 1. The molecule has 106 valence electrons. The van der Waals surface area contributed by atoms with Gasteiger partial charge in [-0.1, -0.05) is 0 Å². The number of nitrogens with one attached hydrogen (secondary N) is 1. The van der Waals surface area contributed by atoms with Gasteiger partial charge in [-0.3, -0.25) is 9.36 Å². The van der Waals surface area contributed by atoms with Crippen LogP contribution < -0.4 is 5.32 Å². The van der Waals surface area contributed by atoms with Crippen LogP contribution in [-0.2, 0) is 0 Å². The quantitative estimate of drug-likeness (QED) is 0.852. The molecule has 0 aromatic carbocycles. The molecular formula is C12H15ClN6O. The summed E-state index contributed by atoms with van der Waals surface area (Å²) in [5, 5.41) is 3.22. The van der Waals surface area contributed by atoms with E-state index in [0.29, 0.717) is 24.7 Å². The second-order valence-electron chi connectivity index (χ2n) is 4.25. The largest absolute Gasteiger partial charge is 0.335 e. The highest BCUT2D eigenvalue weighted by Gasteiger charge is 2.19. The van der Waals surface area contributed by atoms with Crippen LogP contribution in [0.3, 0.4) is 0 Å². The fourth-order valence-electron chi connectivity index (χ4n) is 2.00. The summed E-state index contributed by atoms with van der Waals surface area (Å²) in [4.78, 5) is 26.5. The number of rotatable bonds is 2. The van der Waals surface area contributed by atoms with Gasteiger partial charge in [0, 0.05) is 44.8 Å². The van der Waals surface area contributed by atoms with Gasteiger partial charge >= 0.3 is 0 Å². The lowest BCUT2D eigenvalue weighted by atomic mass is 10.3. The molecule has 0 bridgehead atoms. The van der Waals surface area contributed by atoms with Gasteiger partial charge in [-0.25, -0.2) is 15.0 Å². The molecular weight excluding hydrogens is 280 g/mol. The Labute approximate surface area is 122 Å². The first-order valence-electron chi connectivity index (χ1n) is 6.16. The fraction of sp³-hybridized carbons (Fsp3) is 0.333. The van der Waals surface area contributed by atoms with Gasteiger partial charge in [0.2, 0.25) is 5.95 Å². The Bertz CT molecular complexity index is 567. The normalized spacial score (nSPS) is 14.7. The van der Waals surface area contributed by atoms with Crippen LogP contribution in [0.25, 0.3) is 5.95 Å². The monoisotopic (exact) mass is 294 g/mol. The highest BCUT2D eigenvalue weighted by molar-refractivity contribution is 5.92. The van der Waals surface area contributed by atoms with Crippen LogP contribution in [0.2, 0.25) is 0 Å². The van der Waals surface area contributed by atoms with E-state index in [1.165, 1.54) is 0 Å². The number of halogens is 1. The molecule has 8 heteroatoms. The van der Waals surface area contributed by atoms with Crippen molar-refractivity contribution in [3.8, 4) is 5.95 Å². The van der Waals surface area contributed by atoms with Crippen LogP contribution in [-0.4, -0.2) is 56.5 Å². The summed E-state index contributed by atoms with van der Waals surface area (Å²) in [6, 6.07) is 1.64. The van der Waals surface area contributed by atoms with E-state index in [0.717, 1.165) is 13.1 Å². The van der Waals surface area contributed by atoms with E-state index in [9.17, 15) is 4.79 Å². The van der Waals surface area contributed by atoms with E-state index in [1.54, 1.807) is 40.5 Å². The van der Waals surface area contributed by atoms with E-state index >= 15 is 0 Å². The lowest BCUT2D eigenvalue weighted by molar-refractivity contribution is 0.0729. The van der Waals surface area contributed by atoms with Crippen LogP contribution in [0.5, 0.6) is 0 Å². The summed E-state index contributed by atoms with van der Waals surface area (Å²) >= 11 is 0. The van der Waals surface area contributed by atoms with Gasteiger partial charge in [0.1, 0.15) is 12.0 Å². The number of aromatic nitrogens is 4. The number of hydrogen-bond acceptors (Lipinski definition) is 5. The molecule has 0 saturated carbocycles. The first-order chi connectivity index (χ1) is 9.34. The Balaban J connectivity index is 0.00000147. The van der Waals surface area contributed by atoms with Crippen molar-refractivity contribution in [2.45, 2.75) is 0 Å². The molecule has 1 N–H and O–H groups in total. The lowest BCUT2D eigenvalue weighted by Crippen LogP contribution is -2.46. The molecule has 0 radical (unpaired) electrons. The van der Waals surface area contributed by atoms with Gasteiger partial charge in [0.05, 0.1) is 0 Å². The van der Waals surface area contributed by atoms with Gasteiger partial charge in [-0.05, 0) is 6.07 Å². The van der Waals surface area contributed by atoms with Gasteiger partial charge in [-0.15, -0.1) is 12.4 Å². The summed E-state index contributed by atoms with van der Waals surface area (Å²) in [6.07, 6.45) is 6.59. The fourth-order valence-corrected chi connectivity index (χ4v) is 2.00. The van der Waals surface area contributed by atoms with Crippen molar-refractivity contribution in [3.63, 3.8) is 0 Å². The number of hydrogen-bond donors (Lipinski definition) is 1. The molecule has 1 fully saturated rings. The Kier molecular flexibility index (Phi) is 4.65. The number of nitrogens with zero attached hydrogens (tertiary/aromatic N) is 5. The smallest absolute Gasteiger partial charge is 0.272 e. The van der Waals surface area contributed by atoms with Gasteiger partial charge in [0.25, 0.3) is 5.91 Å². The first-order valence-corrected chi connectivity index (χ1v) is 6.16. The first kappa shape index (κ1) is 14.4. The number of carbonyl (C=O) groups excluding carboxylic acids is 1. The molecule has 3 heterocycles. The predicted molar refractivity (Wildman–Crippen MR) is 75.2 cm³/mol. The molecule has 7 nitrogen and oxygen atoms in total. The topological polar surface area (TPSA) is 75.9 Å². The highest BCUT2D eigenvalue weighted by atomic mass is 35.5. The maximum absolute atomic E-state index is 12.3. The summed E-state index contributed by atoms with van der Waals surface area (Å²) in [7, 11) is 0. The molecule has 0 aliphatic carbocycles. The average Bonchev–Trinajstić information content (AvgIpc) is 3.02. The van der Waals surface area contributed by atoms with Crippen molar-refractivity contribution in [1.82, 2.24) is 29.7 Å². The Morgan fingerprint density at radius 2 is 2.05 bits per heavy atom. The molecule has 1 aliphatic heterocycles. The number of carbonyl (C=O) groups is 1. The van der Waals surface area contributed by atoms with Crippen molar-refractivity contribution < 1.29 is 4.79 Å². The zero-order valence-electron chi connectivity index (χ0n) is 10.8. The molecule has 1 amide bonds. The van der Waals surface area contributed by atoms with Gasteiger partial charge in [-0.2, -0.15) is 0 Å². The van der Waals surface area contributed by atoms with Crippen molar-refractivity contribution in [2.75, 3.05) is 26.2 Å². The third-order valence-corrected chi connectivity index (χ3v) is 3.00. The molecule has 2 aromatic rings. The minimum Gasteiger partial charge on any atom is -0.335 e. The van der Waals surface area contributed by atoms with Crippen LogP contribution in [0, 0.1) is 0 Å². The SMILES string of the molecule is Cl.O=C(c1ccnc(-n2ccnc2)n1)N1CCNCC1. The third kappa shape index (κ3) is 2.94. The minimum atomic E-state index is -0.0507. The second-order valence-corrected chi connectivity index (χ2v) is 4.25. The second kappa shape index (κ2) is 6.44. The van der Waals surface area contributed by atoms with E-state index in [2.05, 4.69) is 20.3 Å². The zero-order valence-corrected chi connectivity index (χ0v) is 11.6. The summed E-state index contributed by atoms with van der Waals surface area (Å²) in [5.41, 5.74) is 0.417. The van der Waals surface area contributed by atoms with E-state index in [-0.39, 0.29) is 18.3 Å². The Hall–Kier alpha value is -1.99. The maximum Gasteiger partial charge on any atom is 0.272 e. The van der Waals surface area contributed by atoms with Gasteiger partial charge < -0.3 is 10.2 Å². The maximum atomic E-state index is 12.3. The van der Waals surface area contributed by atoms with Crippen molar-refractivity contribution in [1.29, 1.82) is 0 Å². The van der Waals surface area contributed by atoms with E-state index < -0.39 is 0 Å². The van der Waals surface area contributed by atoms with Crippen molar-refractivity contribution in [2.24, 2.45) is 0 Å². The standard InChI is InChI=1S/C12H14N6O.ClH/c19-11(17-6-3-13-4-7-17)10-1-2-15-12(16-10)18-8-5-14-9-18;/h1-2,5,8-9,13H,3-4,6-7H2;1H. The molecule has 0 spiro atoms. The third-order valence-electron chi connectivity index (χ3n) is 3.00. The average molecular weight is 295 g/mol. The molecule has 0 unspecified atom stereocenters.